The first-order valence-corrected chi connectivity index (χ1v) is 7.96. The molecule has 1 aliphatic heterocycles. The molecule has 2 heterocycles. The van der Waals surface area contributed by atoms with E-state index in [1.165, 1.54) is 25.1 Å². The standard InChI is InChI=1S/C17H12N2O5S/c1-9(20)18-17-19-15(21)14(25-17)8-12-6-7-13(24-12)10-2-4-11(5-3-10)16(22)23/h2-8H,1H3,(H,22,23)(H,18,19,20,21)/p-1/b14-8+. The minimum atomic E-state index is -1.25. The van der Waals surface area contributed by atoms with Crippen LogP contribution in [0.3, 0.4) is 0 Å². The lowest BCUT2D eigenvalue weighted by Gasteiger charge is -2.02. The van der Waals surface area contributed by atoms with Gasteiger partial charge < -0.3 is 19.6 Å². The normalized spacial score (nSPS) is 15.3. The van der Waals surface area contributed by atoms with Crippen LogP contribution in [0.4, 0.5) is 0 Å². The number of aliphatic imine (C=N–C) groups is 1. The van der Waals surface area contributed by atoms with Crippen molar-refractivity contribution in [2.75, 3.05) is 0 Å². The molecule has 126 valence electrons. The number of amides is 2. The lowest BCUT2D eigenvalue weighted by atomic mass is 10.1. The maximum atomic E-state index is 11.8. The number of furan rings is 1. The molecule has 0 saturated carbocycles. The Morgan fingerprint density at radius 2 is 1.92 bits per heavy atom. The highest BCUT2D eigenvalue weighted by Crippen LogP contribution is 2.29. The van der Waals surface area contributed by atoms with Crippen LogP contribution in [0.1, 0.15) is 23.0 Å². The molecular weight excluding hydrogens is 344 g/mol. The second-order valence-corrected chi connectivity index (χ2v) is 6.11. The van der Waals surface area contributed by atoms with Crippen molar-refractivity contribution < 1.29 is 23.9 Å². The number of amidine groups is 1. The van der Waals surface area contributed by atoms with E-state index < -0.39 is 11.9 Å². The topological polar surface area (TPSA) is 112 Å². The molecule has 25 heavy (non-hydrogen) atoms. The summed E-state index contributed by atoms with van der Waals surface area (Å²) in [5.41, 5.74) is 0.767. The predicted octanol–water partition coefficient (Wildman–Crippen LogP) is 1.42. The van der Waals surface area contributed by atoms with Crippen molar-refractivity contribution in [2.24, 2.45) is 4.99 Å². The largest absolute Gasteiger partial charge is 0.545 e. The Morgan fingerprint density at radius 3 is 2.56 bits per heavy atom. The van der Waals surface area contributed by atoms with E-state index in [2.05, 4.69) is 10.3 Å². The van der Waals surface area contributed by atoms with Crippen molar-refractivity contribution in [3.63, 3.8) is 0 Å². The summed E-state index contributed by atoms with van der Waals surface area (Å²) >= 11 is 1.05. The number of rotatable bonds is 3. The molecule has 1 aliphatic rings. The summed E-state index contributed by atoms with van der Waals surface area (Å²) < 4.78 is 5.65. The smallest absolute Gasteiger partial charge is 0.286 e. The molecule has 1 aromatic heterocycles. The molecule has 0 unspecified atom stereocenters. The van der Waals surface area contributed by atoms with Crippen LogP contribution in [0.15, 0.2) is 50.7 Å². The fourth-order valence-corrected chi connectivity index (χ4v) is 2.94. The fourth-order valence-electron chi connectivity index (χ4n) is 2.10. The van der Waals surface area contributed by atoms with Crippen LogP contribution >= 0.6 is 11.8 Å². The Hall–Kier alpha value is -3.13. The zero-order chi connectivity index (χ0) is 18.0. The van der Waals surface area contributed by atoms with Crippen molar-refractivity contribution in [2.45, 2.75) is 6.92 Å². The van der Waals surface area contributed by atoms with Crippen molar-refractivity contribution in [1.29, 1.82) is 0 Å². The minimum Gasteiger partial charge on any atom is -0.545 e. The van der Waals surface area contributed by atoms with Crippen molar-refractivity contribution in [3.8, 4) is 11.3 Å². The number of hydrogen-bond acceptors (Lipinski definition) is 6. The lowest BCUT2D eigenvalue weighted by Crippen LogP contribution is -2.23. The summed E-state index contributed by atoms with van der Waals surface area (Å²) in [4.78, 5) is 37.6. The van der Waals surface area contributed by atoms with Gasteiger partial charge in [-0.3, -0.25) is 9.59 Å². The van der Waals surface area contributed by atoms with Crippen molar-refractivity contribution in [3.05, 3.63) is 52.6 Å². The molecular formula is C17H11N2O5S-. The fraction of sp³-hybridized carbons (Fsp3) is 0.0588. The minimum absolute atomic E-state index is 0.0771. The molecule has 7 nitrogen and oxygen atoms in total. The highest BCUT2D eigenvalue weighted by atomic mass is 32.2. The number of nitrogens with zero attached hydrogens (tertiary/aromatic N) is 1. The Labute approximate surface area is 146 Å². The van der Waals surface area contributed by atoms with Gasteiger partial charge >= 0.3 is 0 Å². The SMILES string of the molecule is CC(=O)NC1=NC(=O)/C(=C\c2ccc(-c3ccc(C(=O)[O-])cc3)o2)S1. The zero-order valence-corrected chi connectivity index (χ0v) is 13.8. The number of thioether (sulfide) groups is 1. The van der Waals surface area contributed by atoms with Crippen LogP contribution in [0, 0.1) is 0 Å². The van der Waals surface area contributed by atoms with E-state index in [4.69, 9.17) is 4.42 Å². The van der Waals surface area contributed by atoms with Gasteiger partial charge in [-0.15, -0.1) is 0 Å². The Morgan fingerprint density at radius 1 is 1.20 bits per heavy atom. The number of aromatic carboxylic acids is 1. The van der Waals surface area contributed by atoms with Gasteiger partial charge in [0.15, 0.2) is 5.17 Å². The summed E-state index contributed by atoms with van der Waals surface area (Å²) in [6, 6.07) is 9.45. The Balaban J connectivity index is 1.77. The number of carbonyl (C=O) groups is 3. The number of carboxylic acids is 1. The molecule has 0 radical (unpaired) electrons. The molecule has 0 spiro atoms. The summed E-state index contributed by atoms with van der Waals surface area (Å²) in [6.45, 7) is 1.33. The van der Waals surface area contributed by atoms with Crippen LogP contribution in [0.2, 0.25) is 0 Å². The quantitative estimate of drug-likeness (QED) is 0.833. The first-order valence-electron chi connectivity index (χ1n) is 7.14. The summed E-state index contributed by atoms with van der Waals surface area (Å²) in [6.07, 6.45) is 1.53. The van der Waals surface area contributed by atoms with Crippen LogP contribution < -0.4 is 10.4 Å². The average molecular weight is 355 g/mol. The molecule has 0 atom stereocenters. The van der Waals surface area contributed by atoms with E-state index in [1.54, 1.807) is 24.3 Å². The van der Waals surface area contributed by atoms with Gasteiger partial charge in [0.25, 0.3) is 5.91 Å². The van der Waals surface area contributed by atoms with Gasteiger partial charge in [-0.25, -0.2) is 0 Å². The van der Waals surface area contributed by atoms with Crippen LogP contribution in [-0.2, 0) is 9.59 Å². The van der Waals surface area contributed by atoms with Crippen molar-refractivity contribution in [1.82, 2.24) is 5.32 Å². The van der Waals surface area contributed by atoms with E-state index in [9.17, 15) is 19.5 Å². The third-order valence-electron chi connectivity index (χ3n) is 3.21. The third-order valence-corrected chi connectivity index (χ3v) is 4.11. The molecule has 1 N–H and O–H groups in total. The number of nitrogens with one attached hydrogen (secondary N) is 1. The molecule has 2 aromatic rings. The third kappa shape index (κ3) is 3.86. The number of carboxylic acid groups (broad SMARTS) is 1. The van der Waals surface area contributed by atoms with Crippen LogP contribution in [-0.4, -0.2) is 23.0 Å². The van der Waals surface area contributed by atoms with Gasteiger partial charge in [0.05, 0.1) is 10.9 Å². The zero-order valence-electron chi connectivity index (χ0n) is 12.9. The van der Waals surface area contributed by atoms with Crippen LogP contribution in [0.25, 0.3) is 17.4 Å². The molecule has 0 fully saturated rings. The number of carbonyl (C=O) groups excluding carboxylic acids is 3. The van der Waals surface area contributed by atoms with E-state index in [0.29, 0.717) is 22.0 Å². The van der Waals surface area contributed by atoms with Gasteiger partial charge in [-0.2, -0.15) is 4.99 Å². The second kappa shape index (κ2) is 6.78. The Bertz CT molecular complexity index is 925. The lowest BCUT2D eigenvalue weighted by molar-refractivity contribution is -0.255. The second-order valence-electron chi connectivity index (χ2n) is 5.08. The molecule has 1 aromatic carbocycles. The summed E-state index contributed by atoms with van der Waals surface area (Å²) in [5.74, 6) is -1.04. The van der Waals surface area contributed by atoms with Gasteiger partial charge in [0.2, 0.25) is 5.91 Å². The summed E-state index contributed by atoms with van der Waals surface area (Å²) in [7, 11) is 0. The van der Waals surface area contributed by atoms with Crippen LogP contribution in [0.5, 0.6) is 0 Å². The van der Waals surface area contributed by atoms with Gasteiger partial charge in [-0.1, -0.05) is 24.3 Å². The molecule has 0 bridgehead atoms. The van der Waals surface area contributed by atoms with E-state index >= 15 is 0 Å². The predicted molar refractivity (Wildman–Crippen MR) is 90.3 cm³/mol. The molecule has 2 amide bonds. The van der Waals surface area contributed by atoms with E-state index in [-0.39, 0.29) is 16.6 Å². The van der Waals surface area contributed by atoms with Crippen molar-refractivity contribution >= 4 is 40.8 Å². The first kappa shape index (κ1) is 16.7. The molecule has 0 saturated heterocycles. The Kier molecular flexibility index (Phi) is 4.53. The first-order chi connectivity index (χ1) is 11.9. The van der Waals surface area contributed by atoms with E-state index in [1.807, 2.05) is 0 Å². The van der Waals surface area contributed by atoms with Gasteiger partial charge in [0, 0.05) is 18.6 Å². The highest BCUT2D eigenvalue weighted by Gasteiger charge is 2.23. The highest BCUT2D eigenvalue weighted by molar-refractivity contribution is 8.18. The average Bonchev–Trinajstić information content (AvgIpc) is 3.14. The summed E-state index contributed by atoms with van der Waals surface area (Å²) in [5, 5.41) is 13.4. The van der Waals surface area contributed by atoms with E-state index in [0.717, 1.165) is 11.8 Å². The van der Waals surface area contributed by atoms with Gasteiger partial charge in [-0.05, 0) is 29.5 Å². The molecule has 8 heteroatoms. The molecule has 3 rings (SSSR count). The maximum Gasteiger partial charge on any atom is 0.286 e. The number of benzene rings is 1. The number of hydrogen-bond donors (Lipinski definition) is 1. The van der Waals surface area contributed by atoms with Gasteiger partial charge in [0.1, 0.15) is 11.5 Å². The monoisotopic (exact) mass is 355 g/mol. The maximum absolute atomic E-state index is 11.8. The molecule has 0 aliphatic carbocycles.